The third kappa shape index (κ3) is 2.51. The van der Waals surface area contributed by atoms with E-state index in [0.717, 1.165) is 0 Å². The van der Waals surface area contributed by atoms with Crippen molar-refractivity contribution < 1.29 is 14.2 Å². The summed E-state index contributed by atoms with van der Waals surface area (Å²) in [6.45, 7) is 4.97. The van der Waals surface area contributed by atoms with Gasteiger partial charge in [0, 0.05) is 17.7 Å². The van der Waals surface area contributed by atoms with Gasteiger partial charge < -0.3 is 9.84 Å². The number of aromatic nitrogens is 1. The molecule has 0 aliphatic rings. The van der Waals surface area contributed by atoms with Crippen LogP contribution in [0.5, 0.6) is 0 Å². The lowest BCUT2D eigenvalue weighted by molar-refractivity contribution is -0.385. The third-order valence-corrected chi connectivity index (χ3v) is 2.94. The second kappa shape index (κ2) is 5.12. The van der Waals surface area contributed by atoms with Gasteiger partial charge in [-0.3, -0.25) is 14.9 Å². The molecular formula is C13H13N3O4. The van der Waals surface area contributed by atoms with Crippen LogP contribution < -0.4 is 5.32 Å². The van der Waals surface area contributed by atoms with Crippen LogP contribution in [0.1, 0.15) is 27.2 Å². The quantitative estimate of drug-likeness (QED) is 0.686. The molecule has 0 aliphatic heterocycles. The lowest BCUT2D eigenvalue weighted by atomic mass is 10.0. The molecule has 1 N–H and O–H groups in total. The summed E-state index contributed by atoms with van der Waals surface area (Å²) in [7, 11) is 0. The molecule has 0 radical (unpaired) electrons. The number of nitrogens with zero attached hydrogens (tertiary/aromatic N) is 2. The van der Waals surface area contributed by atoms with Gasteiger partial charge in [-0.05, 0) is 26.3 Å². The number of hydrogen-bond acceptors (Lipinski definition) is 5. The molecule has 1 heterocycles. The number of carbonyl (C=O) groups excluding carboxylic acids is 1. The van der Waals surface area contributed by atoms with Crippen molar-refractivity contribution in [1.29, 1.82) is 0 Å². The Hall–Kier alpha value is -2.70. The molecule has 1 amide bonds. The maximum absolute atomic E-state index is 12.2. The van der Waals surface area contributed by atoms with Gasteiger partial charge >= 0.3 is 0 Å². The van der Waals surface area contributed by atoms with Gasteiger partial charge in [0.1, 0.15) is 5.76 Å². The van der Waals surface area contributed by atoms with E-state index in [-0.39, 0.29) is 17.1 Å². The SMILES string of the molecule is Cc1cc(NC(=O)c2c(C)ccc([N+](=O)[O-])c2C)no1. The van der Waals surface area contributed by atoms with E-state index < -0.39 is 10.8 Å². The lowest BCUT2D eigenvalue weighted by Gasteiger charge is -2.09. The molecule has 104 valence electrons. The van der Waals surface area contributed by atoms with Crippen LogP contribution >= 0.6 is 0 Å². The van der Waals surface area contributed by atoms with E-state index in [2.05, 4.69) is 10.5 Å². The number of anilines is 1. The van der Waals surface area contributed by atoms with Crippen LogP contribution in [0.15, 0.2) is 22.7 Å². The molecule has 0 saturated carbocycles. The second-order valence-corrected chi connectivity index (χ2v) is 4.44. The van der Waals surface area contributed by atoms with Crippen molar-refractivity contribution in [2.45, 2.75) is 20.8 Å². The summed E-state index contributed by atoms with van der Waals surface area (Å²) in [5, 5.41) is 17.1. The van der Waals surface area contributed by atoms with Crippen molar-refractivity contribution >= 4 is 17.4 Å². The topological polar surface area (TPSA) is 98.3 Å². The lowest BCUT2D eigenvalue weighted by Crippen LogP contribution is -2.16. The number of aryl methyl sites for hydroxylation is 2. The van der Waals surface area contributed by atoms with Crippen molar-refractivity contribution in [3.05, 3.63) is 50.8 Å². The predicted octanol–water partition coefficient (Wildman–Crippen LogP) is 2.76. The van der Waals surface area contributed by atoms with Crippen LogP contribution in [-0.2, 0) is 0 Å². The average Bonchev–Trinajstić information content (AvgIpc) is 2.74. The van der Waals surface area contributed by atoms with E-state index in [0.29, 0.717) is 16.9 Å². The first-order valence-corrected chi connectivity index (χ1v) is 5.89. The fourth-order valence-corrected chi connectivity index (χ4v) is 1.99. The Bertz CT molecular complexity index is 691. The Morgan fingerprint density at radius 3 is 2.60 bits per heavy atom. The van der Waals surface area contributed by atoms with Gasteiger partial charge in [0.25, 0.3) is 11.6 Å². The van der Waals surface area contributed by atoms with Crippen molar-refractivity contribution in [2.24, 2.45) is 0 Å². The van der Waals surface area contributed by atoms with Gasteiger partial charge in [0.2, 0.25) is 0 Å². The van der Waals surface area contributed by atoms with Crippen LogP contribution in [0.3, 0.4) is 0 Å². The molecule has 2 aromatic rings. The zero-order chi connectivity index (χ0) is 14.9. The first-order valence-electron chi connectivity index (χ1n) is 5.89. The van der Waals surface area contributed by atoms with Crippen molar-refractivity contribution in [2.75, 3.05) is 5.32 Å². The Labute approximate surface area is 114 Å². The van der Waals surface area contributed by atoms with E-state index >= 15 is 0 Å². The molecule has 20 heavy (non-hydrogen) atoms. The first-order chi connectivity index (χ1) is 9.40. The third-order valence-electron chi connectivity index (χ3n) is 2.94. The first kappa shape index (κ1) is 13.7. The van der Waals surface area contributed by atoms with Gasteiger partial charge in [-0.25, -0.2) is 0 Å². The number of hydrogen-bond donors (Lipinski definition) is 1. The summed E-state index contributed by atoms with van der Waals surface area (Å²) < 4.78 is 4.85. The molecule has 7 heteroatoms. The maximum Gasteiger partial charge on any atom is 0.273 e. The molecule has 1 aromatic heterocycles. The second-order valence-electron chi connectivity index (χ2n) is 4.44. The average molecular weight is 275 g/mol. The summed E-state index contributed by atoms with van der Waals surface area (Å²) in [4.78, 5) is 22.6. The Morgan fingerprint density at radius 2 is 2.05 bits per heavy atom. The summed E-state index contributed by atoms with van der Waals surface area (Å²) in [6.07, 6.45) is 0. The van der Waals surface area contributed by atoms with Crippen LogP contribution in [0, 0.1) is 30.9 Å². The molecule has 7 nitrogen and oxygen atoms in total. The summed E-state index contributed by atoms with van der Waals surface area (Å²) >= 11 is 0. The van der Waals surface area contributed by atoms with Crippen LogP contribution in [0.2, 0.25) is 0 Å². The van der Waals surface area contributed by atoms with E-state index in [1.165, 1.54) is 6.07 Å². The monoisotopic (exact) mass is 275 g/mol. The summed E-state index contributed by atoms with van der Waals surface area (Å²) in [6, 6.07) is 4.51. The zero-order valence-electron chi connectivity index (χ0n) is 11.3. The number of nitro benzene ring substituents is 1. The number of nitrogens with one attached hydrogen (secondary N) is 1. The number of nitro groups is 1. The summed E-state index contributed by atoms with van der Waals surface area (Å²) in [5.41, 5.74) is 1.18. The normalized spacial score (nSPS) is 10.3. The Balaban J connectivity index is 2.38. The van der Waals surface area contributed by atoms with E-state index in [9.17, 15) is 14.9 Å². The molecular weight excluding hydrogens is 262 g/mol. The molecule has 0 spiro atoms. The minimum atomic E-state index is -0.508. The van der Waals surface area contributed by atoms with Gasteiger partial charge in [0.15, 0.2) is 5.82 Å². The largest absolute Gasteiger partial charge is 0.360 e. The maximum atomic E-state index is 12.2. The molecule has 1 aromatic carbocycles. The van der Waals surface area contributed by atoms with Crippen LogP contribution in [0.25, 0.3) is 0 Å². The Kier molecular flexibility index (Phi) is 3.51. The van der Waals surface area contributed by atoms with E-state index in [1.54, 1.807) is 32.9 Å². The smallest absolute Gasteiger partial charge is 0.273 e. The zero-order valence-corrected chi connectivity index (χ0v) is 11.3. The number of benzene rings is 1. The molecule has 0 atom stereocenters. The highest BCUT2D eigenvalue weighted by molar-refractivity contribution is 6.06. The number of rotatable bonds is 3. The number of amides is 1. The standard InChI is InChI=1S/C13H13N3O4/c1-7-4-5-10(16(18)19)9(3)12(7)13(17)14-11-6-8(2)20-15-11/h4-6H,1-3H3,(H,14,15,17). The van der Waals surface area contributed by atoms with E-state index in [1.807, 2.05) is 0 Å². The fourth-order valence-electron chi connectivity index (χ4n) is 1.99. The van der Waals surface area contributed by atoms with Gasteiger partial charge in [-0.2, -0.15) is 0 Å². The van der Waals surface area contributed by atoms with Gasteiger partial charge in [-0.15, -0.1) is 0 Å². The van der Waals surface area contributed by atoms with Gasteiger partial charge in [-0.1, -0.05) is 11.2 Å². The Morgan fingerprint density at radius 1 is 1.35 bits per heavy atom. The van der Waals surface area contributed by atoms with E-state index in [4.69, 9.17) is 4.52 Å². The van der Waals surface area contributed by atoms with Crippen molar-refractivity contribution in [3.63, 3.8) is 0 Å². The molecule has 0 unspecified atom stereocenters. The van der Waals surface area contributed by atoms with Crippen LogP contribution in [-0.4, -0.2) is 16.0 Å². The molecule has 2 rings (SSSR count). The minimum absolute atomic E-state index is 0.0860. The number of carbonyl (C=O) groups is 1. The predicted molar refractivity (Wildman–Crippen MR) is 71.8 cm³/mol. The fraction of sp³-hybridized carbons (Fsp3) is 0.231. The highest BCUT2D eigenvalue weighted by Gasteiger charge is 2.21. The molecule has 0 saturated heterocycles. The highest BCUT2D eigenvalue weighted by atomic mass is 16.6. The van der Waals surface area contributed by atoms with Crippen LogP contribution in [0.4, 0.5) is 11.5 Å². The molecule has 0 fully saturated rings. The summed E-state index contributed by atoms with van der Waals surface area (Å²) in [5.74, 6) is 0.391. The molecule has 0 aliphatic carbocycles. The van der Waals surface area contributed by atoms with Crippen molar-refractivity contribution in [1.82, 2.24) is 5.16 Å². The minimum Gasteiger partial charge on any atom is -0.360 e. The highest BCUT2D eigenvalue weighted by Crippen LogP contribution is 2.25. The van der Waals surface area contributed by atoms with Gasteiger partial charge in [0.05, 0.1) is 10.5 Å². The molecule has 0 bridgehead atoms. The van der Waals surface area contributed by atoms with Crippen molar-refractivity contribution in [3.8, 4) is 0 Å².